The van der Waals surface area contributed by atoms with Gasteiger partial charge in [-0.3, -0.25) is 0 Å². The van der Waals surface area contributed by atoms with Gasteiger partial charge in [-0.15, -0.1) is 0 Å². The molecule has 0 aliphatic heterocycles. The Morgan fingerprint density at radius 1 is 1.20 bits per heavy atom. The highest BCUT2D eigenvalue weighted by Gasteiger charge is 2.11. The van der Waals surface area contributed by atoms with E-state index in [1.165, 1.54) is 28.0 Å². The first-order chi connectivity index (χ1) is 9.51. The van der Waals surface area contributed by atoms with Crippen molar-refractivity contribution in [1.29, 1.82) is 0 Å². The van der Waals surface area contributed by atoms with Crippen LogP contribution in [0.4, 0.5) is 0 Å². The Balaban J connectivity index is 2.22. The lowest BCUT2D eigenvalue weighted by atomic mass is 10.1. The monoisotopic (exact) mass is 290 g/mol. The van der Waals surface area contributed by atoms with E-state index in [2.05, 4.69) is 68.0 Å². The smallest absolute Gasteiger partial charge is 0.0526 e. The van der Waals surface area contributed by atoms with E-state index < -0.39 is 0 Å². The van der Waals surface area contributed by atoms with Gasteiger partial charge in [0, 0.05) is 30.6 Å². The predicted molar refractivity (Wildman–Crippen MR) is 91.5 cm³/mol. The van der Waals surface area contributed by atoms with E-state index in [9.17, 15) is 0 Å². The van der Waals surface area contributed by atoms with Crippen molar-refractivity contribution in [3.05, 3.63) is 36.0 Å². The molecule has 0 saturated heterocycles. The number of nitrogens with zero attached hydrogens (tertiary/aromatic N) is 1. The van der Waals surface area contributed by atoms with Gasteiger partial charge in [0.1, 0.15) is 0 Å². The molecule has 1 N–H and O–H groups in total. The molecule has 2 nitrogen and oxygen atoms in total. The van der Waals surface area contributed by atoms with Crippen LogP contribution in [-0.4, -0.2) is 21.6 Å². The van der Waals surface area contributed by atoms with Crippen LogP contribution in [0.25, 0.3) is 10.9 Å². The third kappa shape index (κ3) is 4.03. The molecule has 20 heavy (non-hydrogen) atoms. The fourth-order valence-corrected chi connectivity index (χ4v) is 2.95. The van der Waals surface area contributed by atoms with E-state index in [1.54, 1.807) is 0 Å². The molecule has 1 heterocycles. The molecule has 0 bridgehead atoms. The summed E-state index contributed by atoms with van der Waals surface area (Å²) in [4.78, 5) is 0. The summed E-state index contributed by atoms with van der Waals surface area (Å²) in [5, 5.41) is 4.94. The summed E-state index contributed by atoms with van der Waals surface area (Å²) in [5.74, 6) is 2.37. The van der Waals surface area contributed by atoms with Crippen LogP contribution in [0.2, 0.25) is 0 Å². The zero-order valence-electron chi connectivity index (χ0n) is 13.1. The average molecular weight is 290 g/mol. The molecule has 3 heteroatoms. The summed E-state index contributed by atoms with van der Waals surface area (Å²) >= 11 is 2.00. The molecule has 0 aliphatic carbocycles. The van der Waals surface area contributed by atoms with Crippen LogP contribution in [0.5, 0.6) is 0 Å². The Morgan fingerprint density at radius 3 is 2.70 bits per heavy atom. The average Bonchev–Trinajstić information content (AvgIpc) is 2.80. The van der Waals surface area contributed by atoms with Crippen molar-refractivity contribution in [3.8, 4) is 0 Å². The molecule has 1 aromatic heterocycles. The Bertz CT molecular complexity index is 552. The highest BCUT2D eigenvalue weighted by Crippen LogP contribution is 2.21. The topological polar surface area (TPSA) is 17.0 Å². The summed E-state index contributed by atoms with van der Waals surface area (Å²) in [6, 6.07) is 8.84. The summed E-state index contributed by atoms with van der Waals surface area (Å²) in [6.07, 6.45) is 2.22. The van der Waals surface area contributed by atoms with Gasteiger partial charge in [-0.25, -0.2) is 0 Å². The van der Waals surface area contributed by atoms with Crippen molar-refractivity contribution in [2.75, 3.05) is 11.5 Å². The number of hydrogen-bond acceptors (Lipinski definition) is 2. The lowest BCUT2D eigenvalue weighted by molar-refractivity contribution is 0.425. The zero-order chi connectivity index (χ0) is 14.6. The first-order valence-corrected chi connectivity index (χ1v) is 8.56. The van der Waals surface area contributed by atoms with Crippen molar-refractivity contribution in [3.63, 3.8) is 0 Å². The Labute approximate surface area is 126 Å². The minimum atomic E-state index is 0.150. The number of para-hydroxylation sites is 1. The number of nitrogens with one attached hydrogen (secondary N) is 1. The van der Waals surface area contributed by atoms with Gasteiger partial charge in [0.15, 0.2) is 0 Å². The number of benzene rings is 1. The predicted octanol–water partition coefficient (Wildman–Crippen LogP) is 4.28. The van der Waals surface area contributed by atoms with Gasteiger partial charge in [-0.05, 0) is 43.5 Å². The normalized spacial score (nSPS) is 12.2. The number of rotatable bonds is 6. The SMILES string of the molecule is CCSCCn1ccc2cccc(CNC(C)(C)C)c21. The molecule has 0 fully saturated rings. The molecule has 0 amide bonds. The minimum absolute atomic E-state index is 0.150. The van der Waals surface area contributed by atoms with Gasteiger partial charge < -0.3 is 9.88 Å². The van der Waals surface area contributed by atoms with Gasteiger partial charge in [0.2, 0.25) is 0 Å². The molecule has 110 valence electrons. The van der Waals surface area contributed by atoms with Crippen molar-refractivity contribution < 1.29 is 0 Å². The number of aromatic nitrogens is 1. The molecular formula is C17H26N2S. The van der Waals surface area contributed by atoms with Crippen LogP contribution in [0.1, 0.15) is 33.3 Å². The second-order valence-corrected chi connectivity index (χ2v) is 7.56. The number of fused-ring (bicyclic) bond motifs is 1. The van der Waals surface area contributed by atoms with E-state index in [1.807, 2.05) is 11.8 Å². The molecule has 1 aromatic carbocycles. The number of aryl methyl sites for hydroxylation is 1. The molecule has 0 saturated carbocycles. The lowest BCUT2D eigenvalue weighted by Crippen LogP contribution is -2.35. The van der Waals surface area contributed by atoms with Crippen LogP contribution < -0.4 is 5.32 Å². The first kappa shape index (κ1) is 15.5. The molecule has 0 aliphatic rings. The molecular weight excluding hydrogens is 264 g/mol. The van der Waals surface area contributed by atoms with E-state index in [0.29, 0.717) is 0 Å². The van der Waals surface area contributed by atoms with Crippen LogP contribution in [-0.2, 0) is 13.1 Å². The molecule has 0 radical (unpaired) electrons. The Kier molecular flexibility index (Phi) is 5.17. The van der Waals surface area contributed by atoms with E-state index >= 15 is 0 Å². The fourth-order valence-electron chi connectivity index (χ4n) is 2.34. The second-order valence-electron chi connectivity index (χ2n) is 6.16. The van der Waals surface area contributed by atoms with Gasteiger partial charge >= 0.3 is 0 Å². The highest BCUT2D eigenvalue weighted by molar-refractivity contribution is 7.99. The van der Waals surface area contributed by atoms with Crippen LogP contribution in [0.15, 0.2) is 30.5 Å². The maximum absolute atomic E-state index is 3.60. The summed E-state index contributed by atoms with van der Waals surface area (Å²) in [6.45, 7) is 10.9. The highest BCUT2D eigenvalue weighted by atomic mass is 32.2. The minimum Gasteiger partial charge on any atom is -0.346 e. The molecule has 2 aromatic rings. The van der Waals surface area contributed by atoms with Gasteiger partial charge in [0.05, 0.1) is 5.52 Å². The second kappa shape index (κ2) is 6.68. The largest absolute Gasteiger partial charge is 0.346 e. The fraction of sp³-hybridized carbons (Fsp3) is 0.529. The quantitative estimate of drug-likeness (QED) is 0.800. The summed E-state index contributed by atoms with van der Waals surface area (Å²) < 4.78 is 2.40. The van der Waals surface area contributed by atoms with Gasteiger partial charge in [0.25, 0.3) is 0 Å². The first-order valence-electron chi connectivity index (χ1n) is 7.41. The van der Waals surface area contributed by atoms with E-state index in [0.717, 1.165) is 13.1 Å². The van der Waals surface area contributed by atoms with Crippen LogP contribution >= 0.6 is 11.8 Å². The lowest BCUT2D eigenvalue weighted by Gasteiger charge is -2.21. The van der Waals surface area contributed by atoms with Crippen molar-refractivity contribution in [2.24, 2.45) is 0 Å². The van der Waals surface area contributed by atoms with Gasteiger partial charge in [-0.2, -0.15) is 11.8 Å². The molecule has 0 unspecified atom stereocenters. The zero-order valence-corrected chi connectivity index (χ0v) is 13.9. The Hall–Kier alpha value is -0.930. The standard InChI is InChI=1S/C17H26N2S/c1-5-20-12-11-19-10-9-14-7-6-8-15(16(14)19)13-18-17(2,3)4/h6-10,18H,5,11-13H2,1-4H3. The Morgan fingerprint density at radius 2 is 2.00 bits per heavy atom. The maximum atomic E-state index is 3.60. The third-order valence-electron chi connectivity index (χ3n) is 3.36. The van der Waals surface area contributed by atoms with Crippen LogP contribution in [0, 0.1) is 0 Å². The maximum Gasteiger partial charge on any atom is 0.0526 e. The summed E-state index contributed by atoms with van der Waals surface area (Å²) in [7, 11) is 0. The molecule has 0 spiro atoms. The third-order valence-corrected chi connectivity index (χ3v) is 4.24. The molecule has 2 rings (SSSR count). The number of hydrogen-bond donors (Lipinski definition) is 1. The van der Waals surface area contributed by atoms with Crippen molar-refractivity contribution in [1.82, 2.24) is 9.88 Å². The van der Waals surface area contributed by atoms with Crippen molar-refractivity contribution in [2.45, 2.75) is 46.3 Å². The van der Waals surface area contributed by atoms with Gasteiger partial charge in [-0.1, -0.05) is 25.1 Å². The summed E-state index contributed by atoms with van der Waals surface area (Å²) in [5.41, 5.74) is 2.93. The number of thioether (sulfide) groups is 1. The molecule has 0 atom stereocenters. The van der Waals surface area contributed by atoms with Crippen molar-refractivity contribution >= 4 is 22.7 Å². The van der Waals surface area contributed by atoms with Crippen LogP contribution in [0.3, 0.4) is 0 Å². The van der Waals surface area contributed by atoms with E-state index in [-0.39, 0.29) is 5.54 Å². The van der Waals surface area contributed by atoms with E-state index in [4.69, 9.17) is 0 Å².